The second kappa shape index (κ2) is 38.7. The summed E-state index contributed by atoms with van der Waals surface area (Å²) in [6.07, 6.45) is 21.3. The topological polar surface area (TPSA) is 0 Å². The largest absolute Gasteiger partial charge is 0.179 e. The molecule has 0 radical (unpaired) electrons. The van der Waals surface area contributed by atoms with Crippen LogP contribution in [-0.2, 0) is 0 Å². The maximum Gasteiger partial charge on any atom is 0.0685 e. The van der Waals surface area contributed by atoms with Crippen LogP contribution >= 0.6 is 72.3 Å². The third kappa shape index (κ3) is 31.5. The molecule has 0 aliphatic carbocycles. The van der Waals surface area contributed by atoms with Crippen molar-refractivity contribution in [3.63, 3.8) is 0 Å². The highest BCUT2D eigenvalue weighted by Crippen LogP contribution is 2.34. The maximum absolute atomic E-state index is 3.84. The zero-order chi connectivity index (χ0) is 32.2. The molecule has 0 aromatic carbocycles. The first-order valence-electron chi connectivity index (χ1n) is 16.2. The monoisotopic (exact) mass is 726 g/mol. The fourth-order valence-corrected chi connectivity index (χ4v) is 17.5. The third-order valence-electron chi connectivity index (χ3n) is 7.21. The molecule has 0 aliphatic rings. The molecule has 0 unspecified atom stereocenters. The maximum atomic E-state index is 3.84. The van der Waals surface area contributed by atoms with Crippen molar-refractivity contribution in [1.29, 1.82) is 0 Å². The molecule has 0 bridgehead atoms. The summed E-state index contributed by atoms with van der Waals surface area (Å²) in [6.45, 7) is 19.9. The van der Waals surface area contributed by atoms with Gasteiger partial charge >= 0.3 is 0 Å². The highest BCUT2D eigenvalue weighted by molar-refractivity contribution is 7.99. The Morgan fingerprint density at radius 3 is 1.05 bits per heavy atom. The molecule has 250 valence electrons. The van der Waals surface area contributed by atoms with Crippen LogP contribution in [0.25, 0.3) is 0 Å². The van der Waals surface area contributed by atoms with E-state index in [0.29, 0.717) is 0 Å². The fraction of sp³-hybridized carbons (Fsp3) is 0.765. The van der Waals surface area contributed by atoms with E-state index in [0.717, 1.165) is 35.7 Å². The Kier molecular flexibility index (Phi) is 44.1. The Morgan fingerprint density at radius 1 is 0.500 bits per heavy atom. The Balaban J connectivity index is -0.000000743. The molecule has 0 saturated carbocycles. The van der Waals surface area contributed by atoms with Crippen LogP contribution in [0, 0.1) is 0 Å². The smallest absolute Gasteiger partial charge is 0.0685 e. The molecule has 0 amide bonds. The molecule has 0 N–H and O–H groups in total. The van der Waals surface area contributed by atoms with E-state index < -0.39 is 16.1 Å². The van der Waals surface area contributed by atoms with Gasteiger partial charge in [0.2, 0.25) is 0 Å². The van der Waals surface area contributed by atoms with Gasteiger partial charge in [-0.3, -0.25) is 0 Å². The molecule has 0 nitrogen and oxygen atoms in total. The molecule has 0 spiro atoms. The number of thiol groups is 2. The minimum atomic E-state index is -1.27. The van der Waals surface area contributed by atoms with Crippen LogP contribution in [0.5, 0.6) is 0 Å². The van der Waals surface area contributed by atoms with Crippen molar-refractivity contribution in [3.05, 3.63) is 50.6 Å². The summed E-state index contributed by atoms with van der Waals surface area (Å²) in [5.41, 5.74) is 0. The predicted molar refractivity (Wildman–Crippen MR) is 229 cm³/mol. The van der Waals surface area contributed by atoms with Gasteiger partial charge in [0, 0.05) is 0 Å². The first-order chi connectivity index (χ1) is 20.4. The Hall–Kier alpha value is 1.49. The quantitative estimate of drug-likeness (QED) is 0.0341. The van der Waals surface area contributed by atoms with E-state index in [2.05, 4.69) is 125 Å². The normalized spacial score (nSPS) is 11.1. The lowest BCUT2D eigenvalue weighted by Crippen LogP contribution is -2.34. The molecule has 0 aromatic rings. The van der Waals surface area contributed by atoms with Crippen LogP contribution in [0.3, 0.4) is 0 Å². The molecule has 0 fully saturated rings. The molecule has 0 rings (SSSR count). The molecular formula is C34H70S6Si2. The van der Waals surface area contributed by atoms with E-state index in [1.54, 1.807) is 24.2 Å². The van der Waals surface area contributed by atoms with Crippen LogP contribution in [-0.4, -0.2) is 74.7 Å². The standard InChI is InChI=1S/C20H44S4Si.C12H20Si.C2H6S2/c1-5-11-23-15-9-19-25(17-7-13-21-3,18-8-14-22-4)20-10-16-24-12-6-2;1-5-9-13(10-6-2,11-7-3)12-8-4;3-1-2-4/h5-20H2,1-4H3;5-8H,1-4,9-12H2;3-4H,1-2H2. The highest BCUT2D eigenvalue weighted by Gasteiger charge is 2.30. The Morgan fingerprint density at radius 2 is 0.810 bits per heavy atom. The minimum absolute atomic E-state index is 0.878. The Bertz CT molecular complexity index is 515. The second-order valence-electron chi connectivity index (χ2n) is 11.0. The summed E-state index contributed by atoms with van der Waals surface area (Å²) in [6, 6.07) is 11.0. The van der Waals surface area contributed by atoms with Gasteiger partial charge in [0.05, 0.1) is 16.1 Å². The van der Waals surface area contributed by atoms with E-state index in [9.17, 15) is 0 Å². The van der Waals surface area contributed by atoms with Gasteiger partial charge in [0.25, 0.3) is 0 Å². The second-order valence-corrected chi connectivity index (χ2v) is 26.0. The van der Waals surface area contributed by atoms with E-state index in [1.807, 2.05) is 24.3 Å². The minimum Gasteiger partial charge on any atom is -0.179 e. The van der Waals surface area contributed by atoms with Crippen LogP contribution in [0.4, 0.5) is 0 Å². The average molecular weight is 728 g/mol. The molecule has 0 atom stereocenters. The van der Waals surface area contributed by atoms with Crippen LogP contribution in [0.2, 0.25) is 48.4 Å². The first kappa shape index (κ1) is 47.9. The van der Waals surface area contributed by atoms with Gasteiger partial charge in [-0.2, -0.15) is 72.3 Å². The average Bonchev–Trinajstić information content (AvgIpc) is 2.98. The van der Waals surface area contributed by atoms with Crippen molar-refractivity contribution in [3.8, 4) is 0 Å². The summed E-state index contributed by atoms with van der Waals surface area (Å²) in [5.74, 6) is 10.1. The van der Waals surface area contributed by atoms with Crippen molar-refractivity contribution >= 4 is 88.5 Å². The van der Waals surface area contributed by atoms with Gasteiger partial charge in [0.15, 0.2) is 0 Å². The summed E-state index contributed by atoms with van der Waals surface area (Å²) < 4.78 is 0. The van der Waals surface area contributed by atoms with Gasteiger partial charge in [0.1, 0.15) is 0 Å². The number of hydrogen-bond acceptors (Lipinski definition) is 6. The molecule has 8 heteroatoms. The van der Waals surface area contributed by atoms with Crippen molar-refractivity contribution in [2.45, 2.75) is 101 Å². The Labute approximate surface area is 296 Å². The summed E-state index contributed by atoms with van der Waals surface area (Å²) in [7, 11) is -2.31. The van der Waals surface area contributed by atoms with Crippen LogP contribution in [0.15, 0.2) is 50.6 Å². The highest BCUT2D eigenvalue weighted by atomic mass is 32.2. The summed E-state index contributed by atoms with van der Waals surface area (Å²) in [4.78, 5) is 0. The van der Waals surface area contributed by atoms with Gasteiger partial charge in [-0.15, -0.1) is 26.3 Å². The van der Waals surface area contributed by atoms with Gasteiger partial charge in [-0.05, 0) is 121 Å². The lowest BCUT2D eigenvalue weighted by molar-refractivity contribution is 0.892. The molecule has 42 heavy (non-hydrogen) atoms. The lowest BCUT2D eigenvalue weighted by atomic mass is 10.5. The molecule has 0 aromatic heterocycles. The van der Waals surface area contributed by atoms with Crippen LogP contribution in [0.1, 0.15) is 52.4 Å². The fourth-order valence-electron chi connectivity index (χ4n) is 5.25. The van der Waals surface area contributed by atoms with Crippen molar-refractivity contribution in [1.82, 2.24) is 0 Å². The number of allylic oxidation sites excluding steroid dienone is 4. The van der Waals surface area contributed by atoms with E-state index in [-0.39, 0.29) is 0 Å². The summed E-state index contributed by atoms with van der Waals surface area (Å²) in [5, 5.41) is 0. The van der Waals surface area contributed by atoms with E-state index in [1.165, 1.54) is 73.0 Å². The predicted octanol–water partition coefficient (Wildman–Crippen LogP) is 13.0. The van der Waals surface area contributed by atoms with Crippen LogP contribution < -0.4 is 0 Å². The molecule has 0 aliphatic heterocycles. The third-order valence-corrected chi connectivity index (χ3v) is 22.2. The van der Waals surface area contributed by atoms with E-state index >= 15 is 0 Å². The molecule has 0 heterocycles. The van der Waals surface area contributed by atoms with Crippen molar-refractivity contribution in [2.24, 2.45) is 0 Å². The van der Waals surface area contributed by atoms with E-state index in [4.69, 9.17) is 0 Å². The number of rotatable bonds is 29. The zero-order valence-electron chi connectivity index (χ0n) is 28.2. The van der Waals surface area contributed by atoms with Gasteiger partial charge in [-0.25, -0.2) is 0 Å². The van der Waals surface area contributed by atoms with Gasteiger partial charge < -0.3 is 0 Å². The first-order valence-corrected chi connectivity index (χ1v) is 28.2. The SMILES string of the molecule is C=CC[Si](CC=C)(CC=C)CC=C.CCCSCCC[Si](CCCSC)(CCCSC)CCCSCCC.SCCS. The zero-order valence-corrected chi connectivity index (χ0v) is 35.3. The van der Waals surface area contributed by atoms with Crippen molar-refractivity contribution in [2.75, 3.05) is 58.5 Å². The molecule has 0 saturated heterocycles. The van der Waals surface area contributed by atoms with Crippen molar-refractivity contribution < 1.29 is 0 Å². The molecular weight excluding hydrogens is 657 g/mol. The number of hydrogen-bond donors (Lipinski definition) is 2. The lowest BCUT2D eigenvalue weighted by Gasteiger charge is -2.32. The number of thioether (sulfide) groups is 4. The van der Waals surface area contributed by atoms with Gasteiger partial charge in [-0.1, -0.05) is 62.3 Å². The summed E-state index contributed by atoms with van der Waals surface area (Å²) >= 11 is 16.2.